The summed E-state index contributed by atoms with van der Waals surface area (Å²) in [6.45, 7) is 4.21. The summed E-state index contributed by atoms with van der Waals surface area (Å²) in [6.07, 6.45) is 14.1. The minimum Gasteiger partial charge on any atom is -0.748 e. The van der Waals surface area contributed by atoms with Crippen molar-refractivity contribution in [2.75, 3.05) is 0 Å². The van der Waals surface area contributed by atoms with Crippen LogP contribution in [0.4, 0.5) is 0 Å². The zero-order chi connectivity index (χ0) is 18.3. The van der Waals surface area contributed by atoms with Crippen LogP contribution in [-0.2, 0) is 10.1 Å². The van der Waals surface area contributed by atoms with Crippen LogP contribution < -0.4 is 29.6 Å². The first-order valence-corrected chi connectivity index (χ1v) is 11.5. The Labute approximate surface area is 178 Å². The topological polar surface area (TPSA) is 77.4 Å². The Kier molecular flexibility index (Phi) is 20.5. The molecule has 0 bridgehead atoms. The number of hydrogen-bond acceptors (Lipinski definition) is 4. The first-order valence-electron chi connectivity index (χ1n) is 10.0. The second-order valence-electron chi connectivity index (χ2n) is 7.11. The Morgan fingerprint density at radius 1 is 0.720 bits per heavy atom. The summed E-state index contributed by atoms with van der Waals surface area (Å²) in [5.41, 5.74) is 0. The van der Waals surface area contributed by atoms with Gasteiger partial charge in [0.2, 0.25) is 0 Å². The zero-order valence-corrected chi connectivity index (χ0v) is 19.7. The third kappa shape index (κ3) is 18.0. The second-order valence-corrected chi connectivity index (χ2v) is 8.76. The van der Waals surface area contributed by atoms with E-state index in [1.165, 1.54) is 38.5 Å². The van der Waals surface area contributed by atoms with Crippen LogP contribution in [0, 0.1) is 0 Å². The average Bonchev–Trinajstić information content (AvgIpc) is 2.52. The maximum absolute atomic E-state index is 11.2. The molecule has 4 nitrogen and oxygen atoms in total. The van der Waals surface area contributed by atoms with E-state index in [1.54, 1.807) is 0 Å². The van der Waals surface area contributed by atoms with Crippen molar-refractivity contribution in [2.24, 2.45) is 0 Å². The average molecular weight is 387 g/mol. The van der Waals surface area contributed by atoms with Gasteiger partial charge in [-0.2, -0.15) is 0 Å². The van der Waals surface area contributed by atoms with Crippen LogP contribution in [-0.4, -0.2) is 29.4 Å². The monoisotopic (exact) mass is 386 g/mol. The fourth-order valence-electron chi connectivity index (χ4n) is 3.10. The molecule has 0 heterocycles. The van der Waals surface area contributed by atoms with Gasteiger partial charge >= 0.3 is 29.6 Å². The molecule has 0 saturated heterocycles. The maximum atomic E-state index is 11.2. The summed E-state index contributed by atoms with van der Waals surface area (Å²) in [4.78, 5) is 0. The molecule has 0 aliphatic rings. The molecule has 146 valence electrons. The molecule has 25 heavy (non-hydrogen) atoms. The van der Waals surface area contributed by atoms with Crippen LogP contribution in [0.15, 0.2) is 0 Å². The summed E-state index contributed by atoms with van der Waals surface area (Å²) in [7, 11) is -4.18. The van der Waals surface area contributed by atoms with Gasteiger partial charge in [-0.1, -0.05) is 84.5 Å². The molecule has 0 aliphatic heterocycles. The van der Waals surface area contributed by atoms with Crippen molar-refractivity contribution in [1.82, 2.24) is 0 Å². The van der Waals surface area contributed by atoms with E-state index in [2.05, 4.69) is 6.92 Å². The van der Waals surface area contributed by atoms with Crippen LogP contribution in [0.2, 0.25) is 0 Å². The molecule has 2 unspecified atom stereocenters. The van der Waals surface area contributed by atoms with Gasteiger partial charge in [0.05, 0.1) is 16.2 Å². The standard InChI is InChI=1S/C19H40O4S.Na/c1-3-5-7-8-9-10-11-14-18(20)15-12-13-17-19(16-6-4-2)24(21,22)23;/h18-20H,3-17H2,1-2H3,(H,21,22,23);/q;+1/p-1. The van der Waals surface area contributed by atoms with Gasteiger partial charge in [-0.25, -0.2) is 8.42 Å². The third-order valence-electron chi connectivity index (χ3n) is 4.74. The number of unbranched alkanes of at least 4 members (excludes halogenated alkanes) is 8. The van der Waals surface area contributed by atoms with Crippen molar-refractivity contribution < 1.29 is 47.6 Å². The number of aliphatic hydroxyl groups excluding tert-OH is 1. The van der Waals surface area contributed by atoms with E-state index in [-0.39, 0.29) is 35.7 Å². The van der Waals surface area contributed by atoms with E-state index >= 15 is 0 Å². The van der Waals surface area contributed by atoms with Gasteiger partial charge in [-0.15, -0.1) is 0 Å². The SMILES string of the molecule is CCCCCCCCCC(O)CCCCC(CCCC)S(=O)(=O)[O-].[Na+]. The van der Waals surface area contributed by atoms with E-state index in [1.807, 2.05) is 6.92 Å². The van der Waals surface area contributed by atoms with Crippen molar-refractivity contribution in [3.63, 3.8) is 0 Å². The fraction of sp³-hybridized carbons (Fsp3) is 1.00. The molecule has 0 radical (unpaired) electrons. The fourth-order valence-corrected chi connectivity index (χ4v) is 4.01. The van der Waals surface area contributed by atoms with Gasteiger partial charge in [0.15, 0.2) is 0 Å². The molecule has 2 atom stereocenters. The molecular weight excluding hydrogens is 347 g/mol. The second kappa shape index (κ2) is 18.2. The van der Waals surface area contributed by atoms with Gasteiger partial charge in [0.1, 0.15) is 0 Å². The molecule has 0 aliphatic carbocycles. The van der Waals surface area contributed by atoms with Gasteiger partial charge in [0.25, 0.3) is 0 Å². The first-order chi connectivity index (χ1) is 11.4. The van der Waals surface area contributed by atoms with Crippen molar-refractivity contribution in [2.45, 2.75) is 122 Å². The predicted octanol–water partition coefficient (Wildman–Crippen LogP) is 2.16. The van der Waals surface area contributed by atoms with E-state index in [0.717, 1.165) is 38.5 Å². The molecular formula is C19H39NaO4S. The maximum Gasteiger partial charge on any atom is 1.00 e. The molecule has 0 saturated carbocycles. The van der Waals surface area contributed by atoms with E-state index < -0.39 is 15.4 Å². The minimum absolute atomic E-state index is 0. The van der Waals surface area contributed by atoms with Crippen molar-refractivity contribution >= 4 is 10.1 Å². The zero-order valence-electron chi connectivity index (χ0n) is 16.8. The van der Waals surface area contributed by atoms with Gasteiger partial charge < -0.3 is 9.66 Å². The predicted molar refractivity (Wildman–Crippen MR) is 100 cm³/mol. The number of hydrogen-bond donors (Lipinski definition) is 1. The molecule has 6 heteroatoms. The summed E-state index contributed by atoms with van der Waals surface area (Å²) >= 11 is 0. The Morgan fingerprint density at radius 2 is 1.12 bits per heavy atom. The third-order valence-corrected chi connectivity index (χ3v) is 6.03. The summed E-state index contributed by atoms with van der Waals surface area (Å²) < 4.78 is 33.7. The Hall–Kier alpha value is 0.870. The molecule has 0 aromatic carbocycles. The van der Waals surface area contributed by atoms with E-state index in [4.69, 9.17) is 0 Å². The van der Waals surface area contributed by atoms with Crippen molar-refractivity contribution in [1.29, 1.82) is 0 Å². The normalized spacial score (nSPS) is 14.1. The Bertz CT molecular complexity index is 374. The number of aliphatic hydroxyl groups is 1. The molecule has 0 amide bonds. The quantitative estimate of drug-likeness (QED) is 0.236. The molecule has 0 aromatic heterocycles. The molecule has 0 aromatic rings. The number of rotatable bonds is 17. The molecule has 0 fully saturated rings. The van der Waals surface area contributed by atoms with Gasteiger partial charge in [0, 0.05) is 5.25 Å². The Morgan fingerprint density at radius 3 is 1.64 bits per heavy atom. The summed E-state index contributed by atoms with van der Waals surface area (Å²) in [5, 5.41) is 9.24. The summed E-state index contributed by atoms with van der Waals surface area (Å²) in [5.74, 6) is 0. The first kappa shape index (κ1) is 28.1. The van der Waals surface area contributed by atoms with Gasteiger partial charge in [-0.3, -0.25) is 0 Å². The largest absolute Gasteiger partial charge is 1.00 e. The molecule has 0 rings (SSSR count). The van der Waals surface area contributed by atoms with Crippen LogP contribution in [0.5, 0.6) is 0 Å². The van der Waals surface area contributed by atoms with Crippen molar-refractivity contribution in [3.8, 4) is 0 Å². The van der Waals surface area contributed by atoms with Gasteiger partial charge in [-0.05, 0) is 25.7 Å². The van der Waals surface area contributed by atoms with E-state index in [0.29, 0.717) is 19.3 Å². The molecule has 0 spiro atoms. The van der Waals surface area contributed by atoms with E-state index in [9.17, 15) is 18.1 Å². The van der Waals surface area contributed by atoms with Crippen molar-refractivity contribution in [3.05, 3.63) is 0 Å². The smallest absolute Gasteiger partial charge is 0.748 e. The Balaban J connectivity index is 0. The minimum atomic E-state index is -4.18. The summed E-state index contributed by atoms with van der Waals surface area (Å²) in [6, 6.07) is 0. The van der Waals surface area contributed by atoms with Crippen LogP contribution in [0.1, 0.15) is 110 Å². The molecule has 1 N–H and O–H groups in total. The van der Waals surface area contributed by atoms with Crippen LogP contribution in [0.25, 0.3) is 0 Å². The van der Waals surface area contributed by atoms with Crippen LogP contribution >= 0.6 is 0 Å². The van der Waals surface area contributed by atoms with Crippen LogP contribution in [0.3, 0.4) is 0 Å².